The highest BCUT2D eigenvalue weighted by atomic mass is 16.2. The van der Waals surface area contributed by atoms with Crippen LogP contribution >= 0.6 is 0 Å². The molecule has 1 amide bonds. The second-order valence-electron chi connectivity index (χ2n) is 7.34. The summed E-state index contributed by atoms with van der Waals surface area (Å²) in [5.74, 6) is 1.14. The van der Waals surface area contributed by atoms with Crippen LogP contribution in [0.4, 0.5) is 5.69 Å². The van der Waals surface area contributed by atoms with E-state index in [4.69, 9.17) is 0 Å². The van der Waals surface area contributed by atoms with Crippen molar-refractivity contribution in [3.8, 4) is 0 Å². The van der Waals surface area contributed by atoms with Crippen molar-refractivity contribution < 1.29 is 4.79 Å². The van der Waals surface area contributed by atoms with Crippen molar-refractivity contribution in [2.75, 3.05) is 31.1 Å². The summed E-state index contributed by atoms with van der Waals surface area (Å²) in [5, 5.41) is 0. The normalized spacial score (nSPS) is 28.9. The summed E-state index contributed by atoms with van der Waals surface area (Å²) in [6, 6.07) is 8.45. The van der Waals surface area contributed by atoms with Gasteiger partial charge in [0.2, 0.25) is 5.91 Å². The molecule has 1 aromatic carbocycles. The maximum Gasteiger partial charge on any atom is 0.223 e. The highest BCUT2D eigenvalue weighted by Gasteiger charge is 2.44. The lowest BCUT2D eigenvalue weighted by molar-refractivity contribution is -0.117. The third kappa shape index (κ3) is 2.48. The van der Waals surface area contributed by atoms with E-state index in [1.54, 1.807) is 6.92 Å². The Labute approximate surface area is 126 Å². The Hall–Kier alpha value is -1.35. The van der Waals surface area contributed by atoms with Gasteiger partial charge in [0.05, 0.1) is 0 Å². The molecule has 1 aromatic rings. The van der Waals surface area contributed by atoms with Crippen molar-refractivity contribution in [2.45, 2.75) is 32.6 Å². The average molecular weight is 284 g/mol. The molecular formula is C18H24N2O. The Balaban J connectivity index is 1.59. The van der Waals surface area contributed by atoms with Crippen molar-refractivity contribution >= 4 is 11.6 Å². The fourth-order valence-electron chi connectivity index (χ4n) is 4.21. The molecule has 1 aliphatic carbocycles. The van der Waals surface area contributed by atoms with Crippen LogP contribution < -0.4 is 4.90 Å². The summed E-state index contributed by atoms with van der Waals surface area (Å²) >= 11 is 0. The van der Waals surface area contributed by atoms with Crippen molar-refractivity contribution in [3.63, 3.8) is 0 Å². The highest BCUT2D eigenvalue weighted by molar-refractivity contribution is 5.93. The number of para-hydroxylation sites is 1. The number of hydrogen-bond donors (Lipinski definition) is 0. The van der Waals surface area contributed by atoms with Crippen molar-refractivity contribution in [1.29, 1.82) is 0 Å². The van der Waals surface area contributed by atoms with Crippen LogP contribution in [0.3, 0.4) is 0 Å². The number of benzene rings is 1. The second kappa shape index (κ2) is 4.84. The maximum atomic E-state index is 12.1. The number of fused-ring (bicyclic) bond motifs is 1. The number of hydrogen-bond acceptors (Lipinski definition) is 2. The molecule has 2 aliphatic heterocycles. The molecule has 4 rings (SSSR count). The lowest BCUT2D eigenvalue weighted by Gasteiger charge is -2.41. The van der Waals surface area contributed by atoms with Crippen LogP contribution in [0.2, 0.25) is 0 Å². The summed E-state index contributed by atoms with van der Waals surface area (Å²) in [6.45, 7) is 6.27. The van der Waals surface area contributed by atoms with Crippen LogP contribution in [0, 0.1) is 11.3 Å². The predicted molar refractivity (Wildman–Crippen MR) is 84.4 cm³/mol. The second-order valence-corrected chi connectivity index (χ2v) is 7.34. The van der Waals surface area contributed by atoms with E-state index in [-0.39, 0.29) is 11.3 Å². The maximum absolute atomic E-state index is 12.1. The van der Waals surface area contributed by atoms with E-state index in [1.165, 1.54) is 44.5 Å². The standard InChI is InChI=1S/C18H24N2O/c1-14(21)20-13-18(10-16-4-2-3-5-17(16)20)8-9-19(12-18)11-15-6-7-15/h2-5,15H,6-13H2,1H3. The molecule has 1 saturated heterocycles. The molecule has 1 saturated carbocycles. The molecular weight excluding hydrogens is 260 g/mol. The van der Waals surface area contributed by atoms with Gasteiger partial charge in [0.1, 0.15) is 0 Å². The summed E-state index contributed by atoms with van der Waals surface area (Å²) in [6.07, 6.45) is 5.21. The Morgan fingerprint density at radius 2 is 2.10 bits per heavy atom. The SMILES string of the molecule is CC(=O)N1CC2(CCN(CC3CC3)C2)Cc2ccccc21. The van der Waals surface area contributed by atoms with E-state index in [2.05, 4.69) is 23.1 Å². The Morgan fingerprint density at radius 1 is 1.29 bits per heavy atom. The monoisotopic (exact) mass is 284 g/mol. The number of carbonyl (C=O) groups excluding carboxylic acids is 1. The minimum Gasteiger partial charge on any atom is -0.312 e. The smallest absolute Gasteiger partial charge is 0.223 e. The molecule has 0 N–H and O–H groups in total. The molecule has 1 atom stereocenters. The Bertz CT molecular complexity index is 566. The van der Waals surface area contributed by atoms with Gasteiger partial charge in [-0.1, -0.05) is 18.2 Å². The fourth-order valence-corrected chi connectivity index (χ4v) is 4.21. The first-order valence-electron chi connectivity index (χ1n) is 8.24. The molecule has 3 aliphatic rings. The Morgan fingerprint density at radius 3 is 2.86 bits per heavy atom. The van der Waals surface area contributed by atoms with E-state index < -0.39 is 0 Å². The van der Waals surface area contributed by atoms with Crippen LogP contribution in [0.1, 0.15) is 31.7 Å². The van der Waals surface area contributed by atoms with Crippen LogP contribution in [-0.2, 0) is 11.2 Å². The summed E-state index contributed by atoms with van der Waals surface area (Å²) in [7, 11) is 0. The quantitative estimate of drug-likeness (QED) is 0.833. The summed E-state index contributed by atoms with van der Waals surface area (Å²) in [5.41, 5.74) is 2.78. The van der Waals surface area contributed by atoms with Gasteiger partial charge < -0.3 is 9.80 Å². The van der Waals surface area contributed by atoms with Gasteiger partial charge in [0.25, 0.3) is 0 Å². The van der Waals surface area contributed by atoms with E-state index >= 15 is 0 Å². The zero-order chi connectivity index (χ0) is 14.4. The van der Waals surface area contributed by atoms with Gasteiger partial charge in [-0.3, -0.25) is 4.79 Å². The molecule has 1 unspecified atom stereocenters. The third-order valence-corrected chi connectivity index (χ3v) is 5.45. The number of carbonyl (C=O) groups is 1. The average Bonchev–Trinajstić information content (AvgIpc) is 3.20. The van der Waals surface area contributed by atoms with E-state index in [0.29, 0.717) is 0 Å². The molecule has 3 heteroatoms. The zero-order valence-corrected chi connectivity index (χ0v) is 12.8. The minimum atomic E-state index is 0.183. The van der Waals surface area contributed by atoms with Crippen molar-refractivity contribution in [3.05, 3.63) is 29.8 Å². The number of likely N-dealkylation sites (tertiary alicyclic amines) is 1. The molecule has 0 bridgehead atoms. The first kappa shape index (κ1) is 13.3. The first-order valence-corrected chi connectivity index (χ1v) is 8.24. The molecule has 21 heavy (non-hydrogen) atoms. The molecule has 3 nitrogen and oxygen atoms in total. The van der Waals surface area contributed by atoms with Gasteiger partial charge >= 0.3 is 0 Å². The van der Waals surface area contributed by atoms with Crippen LogP contribution in [-0.4, -0.2) is 37.0 Å². The van der Waals surface area contributed by atoms with E-state index in [0.717, 1.165) is 24.6 Å². The predicted octanol–water partition coefficient (Wildman–Crippen LogP) is 2.70. The van der Waals surface area contributed by atoms with Crippen LogP contribution in [0.5, 0.6) is 0 Å². The number of rotatable bonds is 2. The third-order valence-electron chi connectivity index (χ3n) is 5.45. The number of anilines is 1. The first-order chi connectivity index (χ1) is 10.2. The molecule has 0 aromatic heterocycles. The van der Waals surface area contributed by atoms with E-state index in [9.17, 15) is 4.79 Å². The summed E-state index contributed by atoms with van der Waals surface area (Å²) < 4.78 is 0. The van der Waals surface area contributed by atoms with Gasteiger partial charge in [0, 0.05) is 37.7 Å². The van der Waals surface area contributed by atoms with E-state index in [1.807, 2.05) is 11.0 Å². The van der Waals surface area contributed by atoms with Gasteiger partial charge in [-0.2, -0.15) is 0 Å². The van der Waals surface area contributed by atoms with Crippen molar-refractivity contribution in [1.82, 2.24) is 4.90 Å². The van der Waals surface area contributed by atoms with Gasteiger partial charge in [-0.25, -0.2) is 0 Å². The van der Waals surface area contributed by atoms with Crippen molar-refractivity contribution in [2.24, 2.45) is 11.3 Å². The largest absolute Gasteiger partial charge is 0.312 e. The lowest BCUT2D eigenvalue weighted by Crippen LogP contribution is -2.47. The minimum absolute atomic E-state index is 0.183. The molecule has 112 valence electrons. The molecule has 0 radical (unpaired) electrons. The van der Waals surface area contributed by atoms with Crippen LogP contribution in [0.15, 0.2) is 24.3 Å². The highest BCUT2D eigenvalue weighted by Crippen LogP contribution is 2.43. The lowest BCUT2D eigenvalue weighted by atomic mass is 9.77. The van der Waals surface area contributed by atoms with Crippen LogP contribution in [0.25, 0.3) is 0 Å². The zero-order valence-electron chi connectivity index (χ0n) is 12.8. The topological polar surface area (TPSA) is 23.6 Å². The molecule has 2 heterocycles. The molecule has 2 fully saturated rings. The number of nitrogens with zero attached hydrogens (tertiary/aromatic N) is 2. The van der Waals surface area contributed by atoms with Gasteiger partial charge in [0.15, 0.2) is 0 Å². The van der Waals surface area contributed by atoms with Gasteiger partial charge in [-0.15, -0.1) is 0 Å². The summed E-state index contributed by atoms with van der Waals surface area (Å²) in [4.78, 5) is 16.7. The molecule has 1 spiro atoms. The Kier molecular flexibility index (Phi) is 3.07. The van der Waals surface area contributed by atoms with Gasteiger partial charge in [-0.05, 0) is 49.8 Å². The number of amides is 1. The fraction of sp³-hybridized carbons (Fsp3) is 0.611.